The quantitative estimate of drug-likeness (QED) is 0.828. The van der Waals surface area contributed by atoms with Crippen molar-refractivity contribution in [2.75, 3.05) is 18.0 Å². The van der Waals surface area contributed by atoms with Crippen molar-refractivity contribution in [3.63, 3.8) is 0 Å². The molecule has 19 heavy (non-hydrogen) atoms. The Morgan fingerprint density at radius 2 is 1.74 bits per heavy atom. The number of benzene rings is 1. The molecule has 0 unspecified atom stereocenters. The summed E-state index contributed by atoms with van der Waals surface area (Å²) >= 11 is 0. The van der Waals surface area contributed by atoms with Gasteiger partial charge in [0.05, 0.1) is 18.1 Å². The molecule has 0 amide bonds. The van der Waals surface area contributed by atoms with E-state index in [0.717, 1.165) is 30.2 Å². The lowest BCUT2D eigenvalue weighted by molar-refractivity contribution is 0.276. The second-order valence-electron chi connectivity index (χ2n) is 4.79. The number of nitrogens with zero attached hydrogens (tertiary/aromatic N) is 3. The topological polar surface area (TPSA) is 29.0 Å². The number of hydrogen-bond donors (Lipinski definition) is 0. The van der Waals surface area contributed by atoms with Crippen molar-refractivity contribution < 1.29 is 4.39 Å². The van der Waals surface area contributed by atoms with E-state index >= 15 is 0 Å². The predicted octanol–water partition coefficient (Wildman–Crippen LogP) is 3.08. The van der Waals surface area contributed by atoms with E-state index in [4.69, 9.17) is 0 Å². The molecule has 0 N–H and O–H groups in total. The standard InChI is InChI=1S/C15H16FN3/c16-13-6-8-19(9-7-13)15-11-17-14(10-18-15)12-4-2-1-3-5-12/h1-5,10-11,13H,6-9H2. The average Bonchev–Trinajstić information content (AvgIpc) is 2.49. The molecule has 3 nitrogen and oxygen atoms in total. The SMILES string of the molecule is FC1CCN(c2cnc(-c3ccccc3)cn2)CC1. The van der Waals surface area contributed by atoms with Crippen molar-refractivity contribution in [3.05, 3.63) is 42.7 Å². The zero-order valence-corrected chi connectivity index (χ0v) is 10.7. The molecule has 1 aromatic heterocycles. The Morgan fingerprint density at radius 1 is 1.00 bits per heavy atom. The predicted molar refractivity (Wildman–Crippen MR) is 73.8 cm³/mol. The van der Waals surface area contributed by atoms with Gasteiger partial charge in [-0.15, -0.1) is 0 Å². The van der Waals surface area contributed by atoms with Crippen LogP contribution in [0.2, 0.25) is 0 Å². The van der Waals surface area contributed by atoms with Crippen LogP contribution >= 0.6 is 0 Å². The van der Waals surface area contributed by atoms with Crippen LogP contribution in [0.25, 0.3) is 11.3 Å². The molecule has 4 heteroatoms. The molecular weight excluding hydrogens is 241 g/mol. The molecule has 0 atom stereocenters. The first-order valence-electron chi connectivity index (χ1n) is 6.59. The lowest BCUT2D eigenvalue weighted by Crippen LogP contribution is -2.34. The van der Waals surface area contributed by atoms with E-state index < -0.39 is 6.17 Å². The molecule has 0 aliphatic carbocycles. The lowest BCUT2D eigenvalue weighted by Gasteiger charge is -2.29. The molecule has 1 aliphatic heterocycles. The summed E-state index contributed by atoms with van der Waals surface area (Å²) < 4.78 is 13.1. The number of anilines is 1. The fourth-order valence-electron chi connectivity index (χ4n) is 2.32. The minimum absolute atomic E-state index is 0.585. The summed E-state index contributed by atoms with van der Waals surface area (Å²) in [5.41, 5.74) is 1.92. The van der Waals surface area contributed by atoms with Gasteiger partial charge in [-0.05, 0) is 12.8 Å². The molecule has 2 heterocycles. The number of piperidine rings is 1. The van der Waals surface area contributed by atoms with Crippen LogP contribution in [0.1, 0.15) is 12.8 Å². The van der Waals surface area contributed by atoms with Crippen molar-refractivity contribution >= 4 is 5.82 Å². The van der Waals surface area contributed by atoms with Crippen LogP contribution in [0.5, 0.6) is 0 Å². The first-order valence-corrected chi connectivity index (χ1v) is 6.59. The van der Waals surface area contributed by atoms with E-state index in [9.17, 15) is 4.39 Å². The number of rotatable bonds is 2. The van der Waals surface area contributed by atoms with E-state index in [0.29, 0.717) is 12.8 Å². The van der Waals surface area contributed by atoms with E-state index in [2.05, 4.69) is 14.9 Å². The smallest absolute Gasteiger partial charge is 0.147 e. The maximum Gasteiger partial charge on any atom is 0.147 e. The molecule has 0 spiro atoms. The third-order valence-corrected chi connectivity index (χ3v) is 3.46. The average molecular weight is 257 g/mol. The molecule has 0 radical (unpaired) electrons. The Bertz CT molecular complexity index is 519. The van der Waals surface area contributed by atoms with Gasteiger partial charge < -0.3 is 4.90 Å². The fourth-order valence-corrected chi connectivity index (χ4v) is 2.32. The molecule has 2 aromatic rings. The number of aromatic nitrogens is 2. The van der Waals surface area contributed by atoms with Gasteiger partial charge in [-0.1, -0.05) is 30.3 Å². The van der Waals surface area contributed by atoms with Gasteiger partial charge >= 0.3 is 0 Å². The Balaban J connectivity index is 1.76. The maximum atomic E-state index is 13.1. The highest BCUT2D eigenvalue weighted by atomic mass is 19.1. The number of alkyl halides is 1. The summed E-state index contributed by atoms with van der Waals surface area (Å²) in [6, 6.07) is 9.97. The van der Waals surface area contributed by atoms with E-state index in [1.54, 1.807) is 12.4 Å². The Morgan fingerprint density at radius 3 is 2.37 bits per heavy atom. The van der Waals surface area contributed by atoms with Crippen molar-refractivity contribution in [1.29, 1.82) is 0 Å². The molecule has 1 saturated heterocycles. The van der Waals surface area contributed by atoms with Gasteiger partial charge in [-0.3, -0.25) is 4.98 Å². The van der Waals surface area contributed by atoms with Gasteiger partial charge in [0, 0.05) is 18.7 Å². The summed E-state index contributed by atoms with van der Waals surface area (Å²) in [5.74, 6) is 0.839. The summed E-state index contributed by atoms with van der Waals surface area (Å²) in [5, 5.41) is 0. The minimum Gasteiger partial charge on any atom is -0.355 e. The molecule has 98 valence electrons. The molecule has 1 aliphatic rings. The van der Waals surface area contributed by atoms with Crippen LogP contribution in [0, 0.1) is 0 Å². The van der Waals surface area contributed by atoms with Crippen LogP contribution in [-0.4, -0.2) is 29.2 Å². The Kier molecular flexibility index (Phi) is 3.40. The zero-order chi connectivity index (χ0) is 13.1. The third kappa shape index (κ3) is 2.72. The number of hydrogen-bond acceptors (Lipinski definition) is 3. The van der Waals surface area contributed by atoms with E-state index in [1.165, 1.54) is 0 Å². The summed E-state index contributed by atoms with van der Waals surface area (Å²) in [7, 11) is 0. The highest BCUT2D eigenvalue weighted by molar-refractivity contribution is 5.58. The van der Waals surface area contributed by atoms with Crippen LogP contribution in [0.15, 0.2) is 42.7 Å². The number of halogens is 1. The van der Waals surface area contributed by atoms with Gasteiger partial charge in [-0.2, -0.15) is 0 Å². The largest absolute Gasteiger partial charge is 0.355 e. The molecular formula is C15H16FN3. The van der Waals surface area contributed by atoms with Crippen molar-refractivity contribution in [2.45, 2.75) is 19.0 Å². The molecule has 0 saturated carbocycles. The minimum atomic E-state index is -0.659. The summed E-state index contributed by atoms with van der Waals surface area (Å²) in [6.45, 7) is 1.45. The summed E-state index contributed by atoms with van der Waals surface area (Å²) in [6.07, 6.45) is 4.07. The van der Waals surface area contributed by atoms with E-state index in [1.807, 2.05) is 30.3 Å². The second kappa shape index (κ2) is 5.34. The van der Waals surface area contributed by atoms with Crippen LogP contribution in [0.4, 0.5) is 10.2 Å². The van der Waals surface area contributed by atoms with Gasteiger partial charge in [0.2, 0.25) is 0 Å². The maximum absolute atomic E-state index is 13.1. The Hall–Kier alpha value is -1.97. The highest BCUT2D eigenvalue weighted by Gasteiger charge is 2.19. The van der Waals surface area contributed by atoms with Gasteiger partial charge in [0.1, 0.15) is 12.0 Å². The van der Waals surface area contributed by atoms with Crippen LogP contribution < -0.4 is 4.90 Å². The van der Waals surface area contributed by atoms with Crippen molar-refractivity contribution in [1.82, 2.24) is 9.97 Å². The van der Waals surface area contributed by atoms with Gasteiger partial charge in [0.15, 0.2) is 0 Å². The zero-order valence-electron chi connectivity index (χ0n) is 10.7. The van der Waals surface area contributed by atoms with Gasteiger partial charge in [0.25, 0.3) is 0 Å². The fraction of sp³-hybridized carbons (Fsp3) is 0.333. The van der Waals surface area contributed by atoms with Gasteiger partial charge in [-0.25, -0.2) is 9.37 Å². The summed E-state index contributed by atoms with van der Waals surface area (Å²) in [4.78, 5) is 11.0. The molecule has 0 bridgehead atoms. The van der Waals surface area contributed by atoms with Crippen LogP contribution in [-0.2, 0) is 0 Å². The monoisotopic (exact) mass is 257 g/mol. The molecule has 3 rings (SSSR count). The third-order valence-electron chi connectivity index (χ3n) is 3.46. The molecule has 1 fully saturated rings. The first-order chi connectivity index (χ1) is 9.33. The van der Waals surface area contributed by atoms with Crippen LogP contribution in [0.3, 0.4) is 0 Å². The second-order valence-corrected chi connectivity index (χ2v) is 4.79. The lowest BCUT2D eigenvalue weighted by atomic mass is 10.1. The Labute approximate surface area is 112 Å². The normalized spacial score (nSPS) is 16.6. The molecule has 1 aromatic carbocycles. The van der Waals surface area contributed by atoms with E-state index in [-0.39, 0.29) is 0 Å². The van der Waals surface area contributed by atoms with Crippen molar-refractivity contribution in [2.24, 2.45) is 0 Å². The van der Waals surface area contributed by atoms with Crippen molar-refractivity contribution in [3.8, 4) is 11.3 Å². The highest BCUT2D eigenvalue weighted by Crippen LogP contribution is 2.21. The first kappa shape index (κ1) is 12.1.